The summed E-state index contributed by atoms with van der Waals surface area (Å²) in [4.78, 5) is 13.2. The molecule has 2 aromatic carbocycles. The van der Waals surface area contributed by atoms with E-state index in [1.807, 2.05) is 0 Å². The highest BCUT2D eigenvalue weighted by atomic mass is 19.4. The minimum atomic E-state index is -4.86. The van der Waals surface area contributed by atoms with Gasteiger partial charge in [-0.25, -0.2) is 8.78 Å². The Morgan fingerprint density at radius 3 is 2.35 bits per heavy atom. The molecular weight excluding hydrogens is 464 g/mol. The van der Waals surface area contributed by atoms with Gasteiger partial charge in [-0.15, -0.1) is 0 Å². The number of carbonyl (C=O) groups is 1. The lowest BCUT2D eigenvalue weighted by Crippen LogP contribution is -2.47. The summed E-state index contributed by atoms with van der Waals surface area (Å²) < 4.78 is 94.4. The van der Waals surface area contributed by atoms with Crippen LogP contribution in [0.25, 0.3) is 0 Å². The van der Waals surface area contributed by atoms with Crippen LogP contribution < -0.4 is 10.1 Å². The highest BCUT2D eigenvalue weighted by Crippen LogP contribution is 2.54. The molecule has 0 unspecified atom stereocenters. The van der Waals surface area contributed by atoms with Gasteiger partial charge in [-0.2, -0.15) is 17.6 Å². The van der Waals surface area contributed by atoms with Gasteiger partial charge in [-0.1, -0.05) is 25.1 Å². The van der Waals surface area contributed by atoms with Gasteiger partial charge in [0.2, 0.25) is 11.7 Å². The van der Waals surface area contributed by atoms with Gasteiger partial charge in [-0.3, -0.25) is 4.79 Å². The predicted octanol–water partition coefficient (Wildman–Crippen LogP) is 5.74. The van der Waals surface area contributed by atoms with Crippen LogP contribution in [0.4, 0.5) is 26.3 Å². The molecule has 4 nitrogen and oxygen atoms in total. The van der Waals surface area contributed by atoms with E-state index >= 15 is 0 Å². The van der Waals surface area contributed by atoms with Gasteiger partial charge in [0.1, 0.15) is 11.9 Å². The molecule has 1 N–H and O–H groups in total. The lowest BCUT2D eigenvalue weighted by Gasteiger charge is -2.32. The minimum absolute atomic E-state index is 0.129. The zero-order valence-electron chi connectivity index (χ0n) is 19.2. The number of methoxy groups -OCH3 is 1. The highest BCUT2D eigenvalue weighted by Gasteiger charge is 2.66. The van der Waals surface area contributed by atoms with Crippen LogP contribution in [0, 0.1) is 30.3 Å². The summed E-state index contributed by atoms with van der Waals surface area (Å²) in [7, 11) is 1.05. The molecule has 2 aromatic rings. The number of nitrogens with one attached hydrogen (secondary N) is 1. The molecule has 3 rings (SSSR count). The van der Waals surface area contributed by atoms with Crippen molar-refractivity contribution >= 4 is 5.91 Å². The van der Waals surface area contributed by atoms with Crippen molar-refractivity contribution in [1.29, 1.82) is 0 Å². The lowest BCUT2D eigenvalue weighted by atomic mass is 9.77. The molecule has 0 radical (unpaired) electrons. The molecule has 1 saturated heterocycles. The standard InChI is InChI=1S/C24H25F6NO3/c1-11-6-7-14(10-17(11)26)13(3)31-22(32)21-18(12(2)23(4,34-21)24(28,29)30)15-8-9-16(25)19(27)20(15)33-5/h6-10,12-13,18,21H,1-5H3,(H,31,32)/t12-,13-,18-,21+,23+/m0/s1. The molecule has 0 aliphatic carbocycles. The molecule has 0 saturated carbocycles. The maximum atomic E-state index is 14.4. The molecule has 1 aliphatic heterocycles. The summed E-state index contributed by atoms with van der Waals surface area (Å²) in [5.41, 5.74) is -2.10. The second-order valence-electron chi connectivity index (χ2n) is 8.68. The molecule has 1 aliphatic rings. The quantitative estimate of drug-likeness (QED) is 0.545. The van der Waals surface area contributed by atoms with E-state index in [1.54, 1.807) is 13.0 Å². The summed E-state index contributed by atoms with van der Waals surface area (Å²) >= 11 is 0. The average Bonchev–Trinajstić information content (AvgIpc) is 3.04. The minimum Gasteiger partial charge on any atom is -0.493 e. The van der Waals surface area contributed by atoms with Crippen molar-refractivity contribution in [3.05, 3.63) is 64.5 Å². The smallest absolute Gasteiger partial charge is 0.417 e. The number of ether oxygens (including phenoxy) is 2. The summed E-state index contributed by atoms with van der Waals surface area (Å²) in [6.45, 7) is 5.14. The Morgan fingerprint density at radius 1 is 1.15 bits per heavy atom. The van der Waals surface area contributed by atoms with Gasteiger partial charge >= 0.3 is 6.18 Å². The Bertz CT molecular complexity index is 1090. The zero-order chi connectivity index (χ0) is 25.6. The fourth-order valence-corrected chi connectivity index (χ4v) is 4.30. The van der Waals surface area contributed by atoms with E-state index in [0.29, 0.717) is 11.1 Å². The monoisotopic (exact) mass is 489 g/mol. The number of aryl methyl sites for hydroxylation is 1. The number of halogens is 6. The zero-order valence-corrected chi connectivity index (χ0v) is 19.2. The number of hydrogen-bond acceptors (Lipinski definition) is 3. The first-order chi connectivity index (χ1) is 15.7. The number of carbonyl (C=O) groups excluding carboxylic acids is 1. The Hall–Kier alpha value is -2.75. The SMILES string of the molecule is COc1c([C@H]2[C@H](C(=O)N[C@@H](C)c3ccc(C)c(F)c3)O[C@@](C)(C(F)(F)F)[C@H]2C)ccc(F)c1F. The topological polar surface area (TPSA) is 47.6 Å². The fourth-order valence-electron chi connectivity index (χ4n) is 4.30. The Kier molecular flexibility index (Phi) is 6.94. The maximum absolute atomic E-state index is 14.4. The van der Waals surface area contributed by atoms with Crippen LogP contribution >= 0.6 is 0 Å². The summed E-state index contributed by atoms with van der Waals surface area (Å²) in [6, 6.07) is 5.38. The summed E-state index contributed by atoms with van der Waals surface area (Å²) in [6.07, 6.45) is -6.57. The third kappa shape index (κ3) is 4.35. The van der Waals surface area contributed by atoms with Gasteiger partial charge in [0.05, 0.1) is 13.2 Å². The van der Waals surface area contributed by atoms with Gasteiger partial charge < -0.3 is 14.8 Å². The molecule has 0 aromatic heterocycles. The van der Waals surface area contributed by atoms with Crippen molar-refractivity contribution in [2.24, 2.45) is 5.92 Å². The Morgan fingerprint density at radius 2 is 1.79 bits per heavy atom. The molecule has 0 spiro atoms. The third-order valence-corrected chi connectivity index (χ3v) is 6.63. The van der Waals surface area contributed by atoms with E-state index in [1.165, 1.54) is 26.0 Å². The van der Waals surface area contributed by atoms with Crippen molar-refractivity contribution < 1.29 is 40.6 Å². The van der Waals surface area contributed by atoms with Crippen molar-refractivity contribution in [2.75, 3.05) is 7.11 Å². The number of hydrogen-bond donors (Lipinski definition) is 1. The number of benzene rings is 2. The molecule has 186 valence electrons. The summed E-state index contributed by atoms with van der Waals surface area (Å²) in [5, 5.41) is 2.55. The predicted molar refractivity (Wildman–Crippen MR) is 112 cm³/mol. The largest absolute Gasteiger partial charge is 0.493 e. The molecule has 10 heteroatoms. The van der Waals surface area contributed by atoms with E-state index in [9.17, 15) is 31.1 Å². The van der Waals surface area contributed by atoms with Crippen LogP contribution in [0.5, 0.6) is 5.75 Å². The van der Waals surface area contributed by atoms with Crippen LogP contribution in [0.1, 0.15) is 49.4 Å². The average molecular weight is 489 g/mol. The van der Waals surface area contributed by atoms with E-state index in [0.717, 1.165) is 26.2 Å². The van der Waals surface area contributed by atoms with E-state index in [2.05, 4.69) is 5.32 Å². The van der Waals surface area contributed by atoms with Crippen LogP contribution in [0.15, 0.2) is 30.3 Å². The van der Waals surface area contributed by atoms with Crippen molar-refractivity contribution in [3.8, 4) is 5.75 Å². The lowest BCUT2D eigenvalue weighted by molar-refractivity contribution is -0.272. The van der Waals surface area contributed by atoms with E-state index in [4.69, 9.17) is 9.47 Å². The molecule has 0 bridgehead atoms. The molecule has 1 heterocycles. The van der Waals surface area contributed by atoms with Gasteiger partial charge in [0, 0.05) is 17.4 Å². The molecule has 1 amide bonds. The van der Waals surface area contributed by atoms with E-state index < -0.39 is 64.9 Å². The molecule has 5 atom stereocenters. The second kappa shape index (κ2) is 9.13. The Balaban J connectivity index is 2.03. The first-order valence-electron chi connectivity index (χ1n) is 10.6. The first-order valence-corrected chi connectivity index (χ1v) is 10.6. The normalized spacial score (nSPS) is 25.8. The molecule has 1 fully saturated rings. The molecular formula is C24H25F6NO3. The van der Waals surface area contributed by atoms with Crippen LogP contribution in [0.2, 0.25) is 0 Å². The van der Waals surface area contributed by atoms with Crippen LogP contribution in [0.3, 0.4) is 0 Å². The molecule has 34 heavy (non-hydrogen) atoms. The maximum Gasteiger partial charge on any atom is 0.417 e. The third-order valence-electron chi connectivity index (χ3n) is 6.63. The fraction of sp³-hybridized carbons (Fsp3) is 0.458. The number of amides is 1. The van der Waals surface area contributed by atoms with E-state index in [-0.39, 0.29) is 5.56 Å². The van der Waals surface area contributed by atoms with Gasteiger partial charge in [0.15, 0.2) is 17.2 Å². The Labute approximate surface area is 193 Å². The van der Waals surface area contributed by atoms with Gasteiger partial charge in [0.25, 0.3) is 0 Å². The van der Waals surface area contributed by atoms with Crippen LogP contribution in [-0.2, 0) is 9.53 Å². The number of alkyl halides is 3. The van der Waals surface area contributed by atoms with Gasteiger partial charge in [-0.05, 0) is 44.0 Å². The highest BCUT2D eigenvalue weighted by molar-refractivity contribution is 5.83. The van der Waals surface area contributed by atoms with Crippen molar-refractivity contribution in [2.45, 2.75) is 57.5 Å². The second-order valence-corrected chi connectivity index (χ2v) is 8.68. The van der Waals surface area contributed by atoms with Crippen LogP contribution in [-0.4, -0.2) is 30.9 Å². The first kappa shape index (κ1) is 25.9. The van der Waals surface area contributed by atoms with Crippen molar-refractivity contribution in [3.63, 3.8) is 0 Å². The number of rotatable bonds is 5. The summed E-state index contributed by atoms with van der Waals surface area (Å²) in [5.74, 6) is -7.33. The van der Waals surface area contributed by atoms with Crippen molar-refractivity contribution in [1.82, 2.24) is 5.32 Å².